The van der Waals surface area contributed by atoms with Crippen LogP contribution in [0.3, 0.4) is 0 Å². The highest BCUT2D eigenvalue weighted by atomic mass is 32.1. The van der Waals surface area contributed by atoms with Crippen LogP contribution in [0.15, 0.2) is 33.9 Å². The Morgan fingerprint density at radius 2 is 1.93 bits per heavy atom. The molecule has 1 aromatic carbocycles. The molecule has 1 aliphatic rings. The SMILES string of the molecule is CCc1c(-c2ccc(N3CC[C@H](N(C)C)C3)cc2)[nH]c(=O)c2c(=O)[nH]sc12. The number of likely N-dealkylation sites (N-methyl/N-ethyl adjacent to an activating group) is 1. The summed E-state index contributed by atoms with van der Waals surface area (Å²) < 4.78 is 3.45. The first-order chi connectivity index (χ1) is 13.0. The van der Waals surface area contributed by atoms with Crippen LogP contribution in [0.25, 0.3) is 21.3 Å². The molecule has 142 valence electrons. The van der Waals surface area contributed by atoms with E-state index in [9.17, 15) is 9.59 Å². The zero-order chi connectivity index (χ0) is 19.1. The molecule has 6 nitrogen and oxygen atoms in total. The van der Waals surface area contributed by atoms with Gasteiger partial charge in [-0.25, -0.2) is 0 Å². The number of fused-ring (bicyclic) bond motifs is 1. The molecule has 7 heteroatoms. The van der Waals surface area contributed by atoms with E-state index in [1.165, 1.54) is 23.6 Å². The molecule has 1 fully saturated rings. The van der Waals surface area contributed by atoms with E-state index < -0.39 is 0 Å². The minimum atomic E-state index is -0.322. The Bertz CT molecular complexity index is 1080. The van der Waals surface area contributed by atoms with E-state index >= 15 is 0 Å². The van der Waals surface area contributed by atoms with E-state index in [1.807, 2.05) is 6.92 Å². The standard InChI is InChI=1S/C20H24N4O2S/c1-4-15-17(21-19(25)16-18(15)27-22-20(16)26)12-5-7-13(8-6-12)24-10-9-14(11-24)23(2)3/h5-8,14H,4,9-11H2,1-3H3,(H,21,25)(H,22,26)/t14-/m0/s1. The summed E-state index contributed by atoms with van der Waals surface area (Å²) in [6.07, 6.45) is 1.92. The molecule has 0 aliphatic carbocycles. The van der Waals surface area contributed by atoms with Gasteiger partial charge in [-0.05, 0) is 50.2 Å². The highest BCUT2D eigenvalue weighted by Gasteiger charge is 2.24. The van der Waals surface area contributed by atoms with Crippen LogP contribution in [-0.2, 0) is 6.42 Å². The molecule has 0 bridgehead atoms. The first-order valence-corrected chi connectivity index (χ1v) is 10.1. The van der Waals surface area contributed by atoms with Crippen molar-refractivity contribution in [3.8, 4) is 11.3 Å². The Kier molecular flexibility index (Phi) is 4.65. The minimum absolute atomic E-state index is 0.240. The van der Waals surface area contributed by atoms with Gasteiger partial charge in [0.1, 0.15) is 5.39 Å². The third-order valence-electron chi connectivity index (χ3n) is 5.51. The number of aromatic nitrogens is 2. The molecule has 0 spiro atoms. The number of nitrogens with one attached hydrogen (secondary N) is 2. The van der Waals surface area contributed by atoms with Crippen LogP contribution in [0.1, 0.15) is 18.9 Å². The lowest BCUT2D eigenvalue weighted by molar-refractivity contribution is 0.315. The number of pyridine rings is 1. The fourth-order valence-electron chi connectivity index (χ4n) is 3.91. The van der Waals surface area contributed by atoms with Gasteiger partial charge in [-0.3, -0.25) is 14.0 Å². The van der Waals surface area contributed by atoms with Crippen molar-refractivity contribution < 1.29 is 0 Å². The number of aryl methyl sites for hydroxylation is 1. The highest BCUT2D eigenvalue weighted by molar-refractivity contribution is 7.13. The van der Waals surface area contributed by atoms with Crippen LogP contribution >= 0.6 is 11.5 Å². The number of benzene rings is 1. The maximum Gasteiger partial charge on any atom is 0.271 e. The summed E-state index contributed by atoms with van der Waals surface area (Å²) in [4.78, 5) is 31.9. The van der Waals surface area contributed by atoms with Crippen LogP contribution in [0, 0.1) is 0 Å². The molecular formula is C20H24N4O2S. The molecule has 2 aromatic heterocycles. The third kappa shape index (κ3) is 3.11. The van der Waals surface area contributed by atoms with Gasteiger partial charge in [0.25, 0.3) is 11.1 Å². The van der Waals surface area contributed by atoms with Crippen LogP contribution in [0.5, 0.6) is 0 Å². The van der Waals surface area contributed by atoms with Gasteiger partial charge in [0, 0.05) is 24.8 Å². The number of aromatic amines is 2. The molecule has 3 heterocycles. The summed E-state index contributed by atoms with van der Waals surface area (Å²) in [5, 5.41) is 0.240. The Balaban J connectivity index is 1.71. The van der Waals surface area contributed by atoms with Crippen LogP contribution in [0.4, 0.5) is 5.69 Å². The second-order valence-electron chi connectivity index (χ2n) is 7.30. The zero-order valence-corrected chi connectivity index (χ0v) is 16.7. The maximum absolute atomic E-state index is 12.4. The van der Waals surface area contributed by atoms with Crippen LogP contribution in [-0.4, -0.2) is 47.5 Å². The van der Waals surface area contributed by atoms with Crippen molar-refractivity contribution in [1.82, 2.24) is 14.3 Å². The summed E-state index contributed by atoms with van der Waals surface area (Å²) in [6, 6.07) is 8.95. The number of nitrogens with zero attached hydrogens (tertiary/aromatic N) is 2. The predicted molar refractivity (Wildman–Crippen MR) is 112 cm³/mol. The summed E-state index contributed by atoms with van der Waals surface area (Å²) in [6.45, 7) is 4.13. The smallest absolute Gasteiger partial charge is 0.271 e. The number of rotatable bonds is 4. The second kappa shape index (κ2) is 6.98. The fraction of sp³-hybridized carbons (Fsp3) is 0.400. The van der Waals surface area contributed by atoms with Crippen molar-refractivity contribution in [1.29, 1.82) is 0 Å². The average Bonchev–Trinajstić information content (AvgIpc) is 3.30. The van der Waals surface area contributed by atoms with Crippen molar-refractivity contribution >= 4 is 27.3 Å². The third-order valence-corrected chi connectivity index (χ3v) is 6.45. The van der Waals surface area contributed by atoms with Crippen molar-refractivity contribution in [3.05, 3.63) is 50.5 Å². The summed E-state index contributed by atoms with van der Waals surface area (Å²) >= 11 is 1.24. The number of anilines is 1. The normalized spacial score (nSPS) is 17.3. The van der Waals surface area contributed by atoms with Gasteiger partial charge >= 0.3 is 0 Å². The Morgan fingerprint density at radius 3 is 2.56 bits per heavy atom. The number of H-pyrrole nitrogens is 2. The molecular weight excluding hydrogens is 360 g/mol. The lowest BCUT2D eigenvalue weighted by atomic mass is 10.0. The van der Waals surface area contributed by atoms with Crippen LogP contribution < -0.4 is 16.0 Å². The van der Waals surface area contributed by atoms with Crippen molar-refractivity contribution in [2.75, 3.05) is 32.1 Å². The summed E-state index contributed by atoms with van der Waals surface area (Å²) in [5.41, 5.74) is 3.36. The van der Waals surface area contributed by atoms with Crippen molar-refractivity contribution in [2.45, 2.75) is 25.8 Å². The van der Waals surface area contributed by atoms with E-state index in [-0.39, 0.29) is 16.5 Å². The Hall–Kier alpha value is -2.38. The van der Waals surface area contributed by atoms with Gasteiger partial charge in [0.05, 0.1) is 10.4 Å². The molecule has 3 aromatic rings. The van der Waals surface area contributed by atoms with Gasteiger partial charge in [0.2, 0.25) is 0 Å². The lowest BCUT2D eigenvalue weighted by Crippen LogP contribution is -2.31. The topological polar surface area (TPSA) is 72.2 Å². The molecule has 0 radical (unpaired) electrons. The van der Waals surface area contributed by atoms with E-state index in [0.29, 0.717) is 6.04 Å². The first kappa shape index (κ1) is 18.0. The molecule has 1 saturated heterocycles. The molecule has 1 atom stereocenters. The second-order valence-corrected chi connectivity index (χ2v) is 8.11. The van der Waals surface area contributed by atoms with Gasteiger partial charge in [-0.15, -0.1) is 0 Å². The number of hydrogen-bond donors (Lipinski definition) is 2. The fourth-order valence-corrected chi connectivity index (χ4v) is 4.86. The minimum Gasteiger partial charge on any atom is -0.370 e. The molecule has 0 amide bonds. The maximum atomic E-state index is 12.4. The summed E-state index contributed by atoms with van der Waals surface area (Å²) in [7, 11) is 4.26. The average molecular weight is 385 g/mol. The van der Waals surface area contributed by atoms with Crippen LogP contribution in [0.2, 0.25) is 0 Å². The highest BCUT2D eigenvalue weighted by Crippen LogP contribution is 2.30. The van der Waals surface area contributed by atoms with Gasteiger partial charge in [-0.1, -0.05) is 30.6 Å². The lowest BCUT2D eigenvalue weighted by Gasteiger charge is -2.22. The molecule has 1 aliphatic heterocycles. The monoisotopic (exact) mass is 384 g/mol. The van der Waals surface area contributed by atoms with Crippen molar-refractivity contribution in [2.24, 2.45) is 0 Å². The molecule has 4 rings (SSSR count). The molecule has 2 N–H and O–H groups in total. The molecule has 0 saturated carbocycles. The first-order valence-electron chi connectivity index (χ1n) is 9.27. The summed E-state index contributed by atoms with van der Waals surface area (Å²) in [5.74, 6) is 0. The van der Waals surface area contributed by atoms with Gasteiger partial charge in [0.15, 0.2) is 0 Å². The quantitative estimate of drug-likeness (QED) is 0.725. The largest absolute Gasteiger partial charge is 0.370 e. The van der Waals surface area contributed by atoms with E-state index in [1.54, 1.807) is 0 Å². The Labute approximate surface area is 161 Å². The molecule has 27 heavy (non-hydrogen) atoms. The van der Waals surface area contributed by atoms with E-state index in [2.05, 4.69) is 57.5 Å². The van der Waals surface area contributed by atoms with E-state index in [0.717, 1.165) is 41.0 Å². The molecule has 0 unspecified atom stereocenters. The predicted octanol–water partition coefficient (Wildman–Crippen LogP) is 2.65. The van der Waals surface area contributed by atoms with Gasteiger partial charge in [-0.2, -0.15) is 0 Å². The zero-order valence-electron chi connectivity index (χ0n) is 15.8. The Morgan fingerprint density at radius 1 is 1.19 bits per heavy atom. The van der Waals surface area contributed by atoms with Crippen molar-refractivity contribution in [3.63, 3.8) is 0 Å². The van der Waals surface area contributed by atoms with Gasteiger partial charge < -0.3 is 14.8 Å². The number of hydrogen-bond acceptors (Lipinski definition) is 5. The van der Waals surface area contributed by atoms with E-state index in [4.69, 9.17) is 0 Å².